The molecule has 0 saturated carbocycles. The molecule has 84 valence electrons. The van der Waals surface area contributed by atoms with Crippen LogP contribution in [0.4, 0.5) is 0 Å². The van der Waals surface area contributed by atoms with Gasteiger partial charge in [-0.1, -0.05) is 6.07 Å². The average molecular weight is 216 g/mol. The minimum Gasteiger partial charge on any atom is -0.305 e. The number of aryl methyl sites for hydroxylation is 1. The second kappa shape index (κ2) is 4.90. The molecule has 0 aliphatic rings. The molecule has 2 aromatic heterocycles. The van der Waals surface area contributed by atoms with E-state index in [0.29, 0.717) is 0 Å². The van der Waals surface area contributed by atoms with Crippen LogP contribution >= 0.6 is 0 Å². The molecule has 0 fully saturated rings. The largest absolute Gasteiger partial charge is 0.305 e. The van der Waals surface area contributed by atoms with Gasteiger partial charge in [-0.25, -0.2) is 0 Å². The lowest BCUT2D eigenvalue weighted by Gasteiger charge is -2.11. The van der Waals surface area contributed by atoms with Crippen LogP contribution in [0.3, 0.4) is 0 Å². The van der Waals surface area contributed by atoms with Crippen LogP contribution in [-0.2, 0) is 13.6 Å². The highest BCUT2D eigenvalue weighted by Gasteiger charge is 2.05. The molecule has 0 spiro atoms. The van der Waals surface area contributed by atoms with E-state index in [9.17, 15) is 0 Å². The number of pyridine rings is 1. The Morgan fingerprint density at radius 2 is 2.31 bits per heavy atom. The van der Waals surface area contributed by atoms with E-state index in [1.165, 1.54) is 5.56 Å². The summed E-state index contributed by atoms with van der Waals surface area (Å²) in [4.78, 5) is 4.31. The predicted molar refractivity (Wildman–Crippen MR) is 62.7 cm³/mol. The van der Waals surface area contributed by atoms with Crippen molar-refractivity contribution in [3.63, 3.8) is 0 Å². The lowest BCUT2D eigenvalue weighted by Crippen LogP contribution is -2.18. The predicted octanol–water partition coefficient (Wildman–Crippen LogP) is 1.67. The van der Waals surface area contributed by atoms with Gasteiger partial charge in [0.05, 0.1) is 11.9 Å². The Morgan fingerprint density at radius 3 is 2.94 bits per heavy atom. The average Bonchev–Trinajstić information content (AvgIpc) is 2.73. The van der Waals surface area contributed by atoms with Crippen LogP contribution in [0.15, 0.2) is 36.8 Å². The molecular weight excluding hydrogens is 200 g/mol. The smallest absolute Gasteiger partial charge is 0.0570 e. The molecule has 2 rings (SSSR count). The van der Waals surface area contributed by atoms with Crippen LogP contribution in [0, 0.1) is 0 Å². The van der Waals surface area contributed by atoms with E-state index < -0.39 is 0 Å². The number of nitrogens with one attached hydrogen (secondary N) is 1. The quantitative estimate of drug-likeness (QED) is 0.845. The van der Waals surface area contributed by atoms with Crippen molar-refractivity contribution >= 4 is 0 Å². The summed E-state index contributed by atoms with van der Waals surface area (Å²) >= 11 is 0. The van der Waals surface area contributed by atoms with Crippen LogP contribution in [0.2, 0.25) is 0 Å². The Labute approximate surface area is 95.3 Å². The van der Waals surface area contributed by atoms with Gasteiger partial charge in [-0.2, -0.15) is 5.10 Å². The minimum absolute atomic E-state index is 0.251. The van der Waals surface area contributed by atoms with E-state index >= 15 is 0 Å². The number of rotatable bonds is 4. The molecule has 16 heavy (non-hydrogen) atoms. The summed E-state index contributed by atoms with van der Waals surface area (Å²) in [5.74, 6) is 0. The van der Waals surface area contributed by atoms with Crippen molar-refractivity contribution in [2.24, 2.45) is 7.05 Å². The summed E-state index contributed by atoms with van der Waals surface area (Å²) in [5.41, 5.74) is 2.25. The lowest BCUT2D eigenvalue weighted by atomic mass is 10.2. The molecular formula is C12H16N4. The molecule has 2 aromatic rings. The third-order valence-corrected chi connectivity index (χ3v) is 2.50. The molecule has 0 radical (unpaired) electrons. The highest BCUT2D eigenvalue weighted by molar-refractivity contribution is 5.09. The third-order valence-electron chi connectivity index (χ3n) is 2.50. The van der Waals surface area contributed by atoms with Crippen LogP contribution in [0.25, 0.3) is 0 Å². The molecule has 1 atom stereocenters. The maximum absolute atomic E-state index is 4.31. The molecule has 1 unspecified atom stereocenters. The van der Waals surface area contributed by atoms with Gasteiger partial charge in [0, 0.05) is 37.6 Å². The van der Waals surface area contributed by atoms with Crippen molar-refractivity contribution in [2.75, 3.05) is 0 Å². The molecule has 4 nitrogen and oxygen atoms in total. The Bertz CT molecular complexity index is 435. The fourth-order valence-electron chi connectivity index (χ4n) is 1.57. The second-order valence-corrected chi connectivity index (χ2v) is 3.88. The van der Waals surface area contributed by atoms with Gasteiger partial charge < -0.3 is 5.32 Å². The van der Waals surface area contributed by atoms with E-state index in [1.807, 2.05) is 48.5 Å². The van der Waals surface area contributed by atoms with E-state index in [1.54, 1.807) is 0 Å². The highest BCUT2D eigenvalue weighted by Crippen LogP contribution is 2.08. The van der Waals surface area contributed by atoms with Gasteiger partial charge in [-0.3, -0.25) is 9.67 Å². The zero-order valence-electron chi connectivity index (χ0n) is 9.59. The zero-order chi connectivity index (χ0) is 11.4. The minimum atomic E-state index is 0.251. The van der Waals surface area contributed by atoms with Crippen molar-refractivity contribution in [2.45, 2.75) is 19.5 Å². The normalized spacial score (nSPS) is 12.6. The fourth-order valence-corrected chi connectivity index (χ4v) is 1.57. The molecule has 0 aromatic carbocycles. The summed E-state index contributed by atoms with van der Waals surface area (Å²) in [6, 6.07) is 6.21. The van der Waals surface area contributed by atoms with Gasteiger partial charge in [-0.15, -0.1) is 0 Å². The van der Waals surface area contributed by atoms with Gasteiger partial charge in [0.25, 0.3) is 0 Å². The zero-order valence-corrected chi connectivity index (χ0v) is 9.59. The molecule has 1 N–H and O–H groups in total. The standard InChI is InChI=1S/C12H16N4/c1-10(12-5-3-4-6-13-12)14-7-11-8-15-16(2)9-11/h3-6,8-10,14H,7H2,1-2H3. The molecule has 2 heterocycles. The highest BCUT2D eigenvalue weighted by atomic mass is 15.2. The summed E-state index contributed by atoms with van der Waals surface area (Å²) in [7, 11) is 1.92. The van der Waals surface area contributed by atoms with Crippen LogP contribution in [0.5, 0.6) is 0 Å². The van der Waals surface area contributed by atoms with Gasteiger partial charge in [0.1, 0.15) is 0 Å². The first kappa shape index (κ1) is 10.8. The van der Waals surface area contributed by atoms with Crippen molar-refractivity contribution in [3.8, 4) is 0 Å². The molecule has 0 aliphatic carbocycles. The van der Waals surface area contributed by atoms with Gasteiger partial charge in [0.15, 0.2) is 0 Å². The van der Waals surface area contributed by atoms with Crippen LogP contribution < -0.4 is 5.32 Å². The van der Waals surface area contributed by atoms with Gasteiger partial charge >= 0.3 is 0 Å². The molecule has 0 amide bonds. The monoisotopic (exact) mass is 216 g/mol. The lowest BCUT2D eigenvalue weighted by molar-refractivity contribution is 0.561. The second-order valence-electron chi connectivity index (χ2n) is 3.88. The summed E-state index contributed by atoms with van der Waals surface area (Å²) < 4.78 is 1.81. The SMILES string of the molecule is CC(NCc1cnn(C)c1)c1ccccn1. The van der Waals surface area contributed by atoms with Gasteiger partial charge in [0.2, 0.25) is 0 Å². The molecule has 4 heteroatoms. The van der Waals surface area contributed by atoms with Crippen molar-refractivity contribution in [1.29, 1.82) is 0 Å². The number of hydrogen-bond donors (Lipinski definition) is 1. The molecule has 0 saturated heterocycles. The Hall–Kier alpha value is -1.68. The Morgan fingerprint density at radius 1 is 1.44 bits per heavy atom. The summed E-state index contributed by atoms with van der Waals surface area (Å²) in [6.07, 6.45) is 5.70. The topological polar surface area (TPSA) is 42.7 Å². The molecule has 0 bridgehead atoms. The number of hydrogen-bond acceptors (Lipinski definition) is 3. The van der Waals surface area contributed by atoms with E-state index in [4.69, 9.17) is 0 Å². The maximum atomic E-state index is 4.31. The first-order valence-electron chi connectivity index (χ1n) is 5.37. The van der Waals surface area contributed by atoms with Crippen LogP contribution in [-0.4, -0.2) is 14.8 Å². The van der Waals surface area contributed by atoms with Crippen LogP contribution in [0.1, 0.15) is 24.2 Å². The van der Waals surface area contributed by atoms with Crippen molar-refractivity contribution < 1.29 is 0 Å². The van der Waals surface area contributed by atoms with Crippen molar-refractivity contribution in [3.05, 3.63) is 48.0 Å². The maximum Gasteiger partial charge on any atom is 0.0570 e. The van der Waals surface area contributed by atoms with E-state index in [-0.39, 0.29) is 6.04 Å². The van der Waals surface area contributed by atoms with E-state index in [2.05, 4.69) is 22.3 Å². The number of nitrogens with zero attached hydrogens (tertiary/aromatic N) is 3. The van der Waals surface area contributed by atoms with Crippen molar-refractivity contribution in [1.82, 2.24) is 20.1 Å². The Balaban J connectivity index is 1.91. The molecule has 0 aliphatic heterocycles. The van der Waals surface area contributed by atoms with E-state index in [0.717, 1.165) is 12.2 Å². The first-order chi connectivity index (χ1) is 7.75. The first-order valence-corrected chi connectivity index (χ1v) is 5.37. The summed E-state index contributed by atoms with van der Waals surface area (Å²) in [5, 5.41) is 7.54. The fraction of sp³-hybridized carbons (Fsp3) is 0.333. The van der Waals surface area contributed by atoms with Gasteiger partial charge in [-0.05, 0) is 19.1 Å². The third kappa shape index (κ3) is 2.67. The Kier molecular flexibility index (Phi) is 3.31. The summed E-state index contributed by atoms with van der Waals surface area (Å²) in [6.45, 7) is 2.92. The number of aromatic nitrogens is 3.